The average molecular weight is 269 g/mol. The first-order valence-corrected chi connectivity index (χ1v) is 5.81. The standard InChI is InChI=1S/C13H13F2NO3/c1-13(12(18)19)2-3-16(7-13)11(17)8-4-9(14)6-10(15)5-8/h4-6H,2-3,7H2,1H3,(H,18,19). The maximum absolute atomic E-state index is 13.1. The highest BCUT2D eigenvalue weighted by Gasteiger charge is 2.42. The fourth-order valence-electron chi connectivity index (χ4n) is 2.17. The summed E-state index contributed by atoms with van der Waals surface area (Å²) < 4.78 is 26.1. The first-order chi connectivity index (χ1) is 8.82. The minimum Gasteiger partial charge on any atom is -0.481 e. The van der Waals surface area contributed by atoms with Gasteiger partial charge in [0.05, 0.1) is 5.41 Å². The van der Waals surface area contributed by atoms with Gasteiger partial charge in [0.25, 0.3) is 5.91 Å². The number of benzene rings is 1. The van der Waals surface area contributed by atoms with Crippen LogP contribution in [0.3, 0.4) is 0 Å². The zero-order valence-electron chi connectivity index (χ0n) is 10.3. The van der Waals surface area contributed by atoms with Gasteiger partial charge in [0, 0.05) is 24.7 Å². The van der Waals surface area contributed by atoms with Gasteiger partial charge in [-0.3, -0.25) is 9.59 Å². The van der Waals surface area contributed by atoms with E-state index in [-0.39, 0.29) is 18.7 Å². The molecule has 1 aromatic carbocycles. The Morgan fingerprint density at radius 2 is 1.84 bits per heavy atom. The molecule has 1 aromatic rings. The minimum atomic E-state index is -0.998. The number of carbonyl (C=O) groups is 2. The molecule has 0 spiro atoms. The number of amides is 1. The predicted molar refractivity (Wildman–Crippen MR) is 62.6 cm³/mol. The van der Waals surface area contributed by atoms with E-state index >= 15 is 0 Å². The van der Waals surface area contributed by atoms with Gasteiger partial charge < -0.3 is 10.0 Å². The van der Waals surface area contributed by atoms with Gasteiger partial charge in [-0.05, 0) is 25.5 Å². The van der Waals surface area contributed by atoms with Gasteiger partial charge in [0.1, 0.15) is 11.6 Å². The van der Waals surface area contributed by atoms with Crippen LogP contribution in [-0.2, 0) is 4.79 Å². The molecule has 2 rings (SSSR count). The largest absolute Gasteiger partial charge is 0.481 e. The van der Waals surface area contributed by atoms with Crippen molar-refractivity contribution in [3.63, 3.8) is 0 Å². The van der Waals surface area contributed by atoms with Crippen LogP contribution < -0.4 is 0 Å². The SMILES string of the molecule is CC1(C(=O)O)CCN(C(=O)c2cc(F)cc(F)c2)C1. The molecule has 0 radical (unpaired) electrons. The lowest BCUT2D eigenvalue weighted by Gasteiger charge is -2.20. The van der Waals surface area contributed by atoms with Crippen molar-refractivity contribution in [3.8, 4) is 0 Å². The Bertz CT molecular complexity index is 526. The zero-order valence-corrected chi connectivity index (χ0v) is 10.3. The highest BCUT2D eigenvalue weighted by atomic mass is 19.1. The van der Waals surface area contributed by atoms with Crippen molar-refractivity contribution >= 4 is 11.9 Å². The van der Waals surface area contributed by atoms with Crippen LogP contribution in [0.5, 0.6) is 0 Å². The van der Waals surface area contributed by atoms with E-state index in [9.17, 15) is 18.4 Å². The number of hydrogen-bond acceptors (Lipinski definition) is 2. The number of nitrogens with zero attached hydrogens (tertiary/aromatic N) is 1. The van der Waals surface area contributed by atoms with Crippen molar-refractivity contribution in [2.24, 2.45) is 5.41 Å². The van der Waals surface area contributed by atoms with Gasteiger partial charge >= 0.3 is 5.97 Å². The molecule has 19 heavy (non-hydrogen) atoms. The van der Waals surface area contributed by atoms with E-state index in [2.05, 4.69) is 0 Å². The summed E-state index contributed by atoms with van der Waals surface area (Å²) in [5, 5.41) is 9.07. The first kappa shape index (κ1) is 13.5. The van der Waals surface area contributed by atoms with E-state index in [1.807, 2.05) is 0 Å². The summed E-state index contributed by atoms with van der Waals surface area (Å²) in [5.41, 5.74) is -1.10. The van der Waals surface area contributed by atoms with Crippen LogP contribution in [0.25, 0.3) is 0 Å². The van der Waals surface area contributed by atoms with Crippen LogP contribution in [-0.4, -0.2) is 35.0 Å². The third-order valence-electron chi connectivity index (χ3n) is 3.39. The van der Waals surface area contributed by atoms with Crippen molar-refractivity contribution in [1.82, 2.24) is 4.90 Å². The van der Waals surface area contributed by atoms with Gasteiger partial charge in [0.2, 0.25) is 0 Å². The molecule has 1 heterocycles. The van der Waals surface area contributed by atoms with E-state index in [0.717, 1.165) is 12.1 Å². The van der Waals surface area contributed by atoms with E-state index in [1.165, 1.54) is 4.90 Å². The molecule has 1 unspecified atom stereocenters. The van der Waals surface area contributed by atoms with Gasteiger partial charge in [-0.15, -0.1) is 0 Å². The topological polar surface area (TPSA) is 57.6 Å². The van der Waals surface area contributed by atoms with E-state index in [4.69, 9.17) is 5.11 Å². The molecule has 1 fully saturated rings. The number of likely N-dealkylation sites (tertiary alicyclic amines) is 1. The Balaban J connectivity index is 2.20. The number of rotatable bonds is 2. The number of carbonyl (C=O) groups excluding carboxylic acids is 1. The second kappa shape index (κ2) is 4.60. The number of hydrogen-bond donors (Lipinski definition) is 1. The molecule has 4 nitrogen and oxygen atoms in total. The first-order valence-electron chi connectivity index (χ1n) is 5.81. The van der Waals surface area contributed by atoms with Crippen molar-refractivity contribution in [2.45, 2.75) is 13.3 Å². The smallest absolute Gasteiger partial charge is 0.311 e. The summed E-state index contributed by atoms with van der Waals surface area (Å²) in [5.74, 6) is -3.19. The molecule has 0 aliphatic carbocycles. The molecule has 0 saturated carbocycles. The van der Waals surface area contributed by atoms with Crippen molar-refractivity contribution in [1.29, 1.82) is 0 Å². The van der Waals surface area contributed by atoms with Crippen molar-refractivity contribution < 1.29 is 23.5 Å². The van der Waals surface area contributed by atoms with Gasteiger partial charge in [-0.1, -0.05) is 0 Å². The average Bonchev–Trinajstić information content (AvgIpc) is 2.71. The van der Waals surface area contributed by atoms with Crippen molar-refractivity contribution in [3.05, 3.63) is 35.4 Å². The van der Waals surface area contributed by atoms with Crippen LogP contribution in [0.1, 0.15) is 23.7 Å². The Morgan fingerprint density at radius 3 is 2.32 bits per heavy atom. The second-order valence-corrected chi connectivity index (χ2v) is 5.00. The summed E-state index contributed by atoms with van der Waals surface area (Å²) in [6, 6.07) is 2.58. The summed E-state index contributed by atoms with van der Waals surface area (Å²) in [7, 11) is 0. The summed E-state index contributed by atoms with van der Waals surface area (Å²) in [6.45, 7) is 1.85. The molecule has 0 bridgehead atoms. The zero-order chi connectivity index (χ0) is 14.2. The molecule has 1 aliphatic heterocycles. The van der Waals surface area contributed by atoms with Crippen LogP contribution >= 0.6 is 0 Å². The van der Waals surface area contributed by atoms with Crippen molar-refractivity contribution in [2.75, 3.05) is 13.1 Å². The summed E-state index contributed by atoms with van der Waals surface area (Å²) in [4.78, 5) is 24.4. The molecule has 1 amide bonds. The Kier molecular flexibility index (Phi) is 3.26. The lowest BCUT2D eigenvalue weighted by atomic mass is 9.90. The number of carboxylic acid groups (broad SMARTS) is 1. The van der Waals surface area contributed by atoms with E-state index in [1.54, 1.807) is 6.92 Å². The molecule has 1 aliphatic rings. The van der Waals surface area contributed by atoms with Crippen LogP contribution in [0.15, 0.2) is 18.2 Å². The third kappa shape index (κ3) is 2.57. The Morgan fingerprint density at radius 1 is 1.26 bits per heavy atom. The molecular formula is C13H13F2NO3. The predicted octanol–water partition coefficient (Wildman–Crippen LogP) is 1.90. The number of aliphatic carboxylic acids is 1. The maximum Gasteiger partial charge on any atom is 0.311 e. The van der Waals surface area contributed by atoms with E-state index in [0.29, 0.717) is 12.5 Å². The van der Waals surface area contributed by atoms with Crippen LogP contribution in [0, 0.1) is 17.0 Å². The quantitative estimate of drug-likeness (QED) is 0.892. The molecule has 6 heteroatoms. The summed E-state index contributed by atoms with van der Waals surface area (Å²) in [6.07, 6.45) is 0.325. The molecule has 0 aromatic heterocycles. The fraction of sp³-hybridized carbons (Fsp3) is 0.385. The van der Waals surface area contributed by atoms with E-state index < -0.39 is 28.9 Å². The molecular weight excluding hydrogens is 256 g/mol. The highest BCUT2D eigenvalue weighted by Crippen LogP contribution is 2.31. The highest BCUT2D eigenvalue weighted by molar-refractivity contribution is 5.95. The Hall–Kier alpha value is -1.98. The van der Waals surface area contributed by atoms with Gasteiger partial charge in [-0.25, -0.2) is 8.78 Å². The van der Waals surface area contributed by atoms with Crippen LogP contribution in [0.4, 0.5) is 8.78 Å². The monoisotopic (exact) mass is 269 g/mol. The third-order valence-corrected chi connectivity index (χ3v) is 3.39. The van der Waals surface area contributed by atoms with Gasteiger partial charge in [0.15, 0.2) is 0 Å². The summed E-state index contributed by atoms with van der Waals surface area (Å²) >= 11 is 0. The Labute approximate surface area is 108 Å². The molecule has 1 saturated heterocycles. The van der Waals surface area contributed by atoms with Gasteiger partial charge in [-0.2, -0.15) is 0 Å². The van der Waals surface area contributed by atoms with Crippen LogP contribution in [0.2, 0.25) is 0 Å². The normalized spacial score (nSPS) is 22.6. The lowest BCUT2D eigenvalue weighted by Crippen LogP contribution is -2.34. The molecule has 1 atom stereocenters. The lowest BCUT2D eigenvalue weighted by molar-refractivity contribution is -0.147. The molecule has 1 N–H and O–H groups in total. The molecule has 102 valence electrons. The number of halogens is 2. The maximum atomic E-state index is 13.1. The second-order valence-electron chi connectivity index (χ2n) is 5.00. The number of carboxylic acids is 1. The fourth-order valence-corrected chi connectivity index (χ4v) is 2.17. The minimum absolute atomic E-state index is 0.0410.